The zero-order chi connectivity index (χ0) is 20.3. The maximum absolute atomic E-state index is 12.8. The monoisotopic (exact) mass is 384 g/mol. The molecule has 1 aliphatic rings. The van der Waals surface area contributed by atoms with Crippen molar-refractivity contribution in [3.8, 4) is 0 Å². The summed E-state index contributed by atoms with van der Waals surface area (Å²) in [6.07, 6.45) is 5.00. The molecule has 0 saturated heterocycles. The molecule has 0 aliphatic carbocycles. The molecule has 1 N–H and O–H groups in total. The smallest absolute Gasteiger partial charge is 0.290 e. The van der Waals surface area contributed by atoms with Crippen LogP contribution in [0, 0.1) is 6.92 Å². The van der Waals surface area contributed by atoms with Gasteiger partial charge in [-0.15, -0.1) is 0 Å². The zero-order valence-electron chi connectivity index (χ0n) is 16.2. The maximum Gasteiger partial charge on any atom is 0.290 e. The Balaban J connectivity index is 1.90. The van der Waals surface area contributed by atoms with E-state index in [-0.39, 0.29) is 5.57 Å². The summed E-state index contributed by atoms with van der Waals surface area (Å²) < 4.78 is 10.9. The second-order valence-corrected chi connectivity index (χ2v) is 6.98. The van der Waals surface area contributed by atoms with Crippen molar-refractivity contribution in [1.29, 1.82) is 0 Å². The van der Waals surface area contributed by atoms with Gasteiger partial charge in [-0.1, -0.05) is 0 Å². The van der Waals surface area contributed by atoms with E-state index in [2.05, 4.69) is 0 Å². The van der Waals surface area contributed by atoms with E-state index in [1.165, 1.54) is 23.3 Å². The number of hydrogen-bond acceptors (Lipinski definition) is 6. The second-order valence-electron chi connectivity index (χ2n) is 6.98. The van der Waals surface area contributed by atoms with Gasteiger partial charge in [-0.05, 0) is 70.4 Å². The Hall–Kier alpha value is -3.06. The number of aliphatic hydroxyl groups is 1. The Kier molecular flexibility index (Phi) is 5.84. The normalized spacial score (nSPS) is 17.5. The van der Waals surface area contributed by atoms with Crippen LogP contribution in [0.1, 0.15) is 29.7 Å². The molecule has 0 aromatic carbocycles. The van der Waals surface area contributed by atoms with E-state index >= 15 is 0 Å². The predicted molar refractivity (Wildman–Crippen MR) is 103 cm³/mol. The molecule has 148 valence electrons. The Morgan fingerprint density at radius 2 is 2.11 bits per heavy atom. The molecule has 0 spiro atoms. The third kappa shape index (κ3) is 4.09. The van der Waals surface area contributed by atoms with E-state index in [1.807, 2.05) is 19.0 Å². The van der Waals surface area contributed by atoms with Gasteiger partial charge in [-0.2, -0.15) is 0 Å². The molecule has 0 fully saturated rings. The highest BCUT2D eigenvalue weighted by Crippen LogP contribution is 2.38. The molecule has 2 aromatic heterocycles. The number of aliphatic hydroxyl groups excluding tert-OH is 1. The van der Waals surface area contributed by atoms with Crippen LogP contribution in [0.15, 0.2) is 56.8 Å². The van der Waals surface area contributed by atoms with Gasteiger partial charge in [0.15, 0.2) is 11.5 Å². The minimum absolute atomic E-state index is 0.0204. The first-order chi connectivity index (χ1) is 13.4. The number of allylic oxidation sites excluding steroid dienone is 1. The first-order valence-corrected chi connectivity index (χ1v) is 9.09. The molecular weight excluding hydrogens is 360 g/mol. The Morgan fingerprint density at radius 3 is 2.71 bits per heavy atom. The summed E-state index contributed by atoms with van der Waals surface area (Å²) in [6, 6.07) is 6.17. The van der Waals surface area contributed by atoms with Crippen molar-refractivity contribution in [3.63, 3.8) is 0 Å². The molecule has 0 radical (unpaired) electrons. The molecular formula is C21H24N2O5. The van der Waals surface area contributed by atoms with Gasteiger partial charge in [0.2, 0.25) is 0 Å². The van der Waals surface area contributed by atoms with Gasteiger partial charge < -0.3 is 23.7 Å². The topological polar surface area (TPSA) is 87.1 Å². The average molecular weight is 384 g/mol. The standard InChI is InChI=1S/C21H24N2O5/c1-14-7-10-17(28-14)19-18(16(24)9-8-15-6-4-13-27-15)20(25)21(26)23(19)12-5-11-22(2)3/h4,6-10,13,19,25H,5,11-12H2,1-3H3/b9-8+. The van der Waals surface area contributed by atoms with E-state index in [0.717, 1.165) is 6.54 Å². The average Bonchev–Trinajstić information content (AvgIpc) is 3.36. The van der Waals surface area contributed by atoms with Crippen LogP contribution in [0.3, 0.4) is 0 Å². The molecule has 1 unspecified atom stereocenters. The van der Waals surface area contributed by atoms with E-state index in [0.29, 0.717) is 30.2 Å². The third-order valence-corrected chi connectivity index (χ3v) is 4.55. The summed E-state index contributed by atoms with van der Waals surface area (Å²) in [4.78, 5) is 29.0. The van der Waals surface area contributed by atoms with E-state index in [4.69, 9.17) is 8.83 Å². The summed E-state index contributed by atoms with van der Waals surface area (Å²) in [6.45, 7) is 2.96. The predicted octanol–water partition coefficient (Wildman–Crippen LogP) is 3.11. The summed E-state index contributed by atoms with van der Waals surface area (Å²) in [5.41, 5.74) is 0.0204. The SMILES string of the molecule is Cc1ccc(C2C(C(=O)/C=C/c3ccco3)=C(O)C(=O)N2CCCN(C)C)o1. The van der Waals surface area contributed by atoms with E-state index in [9.17, 15) is 14.7 Å². The molecule has 0 bridgehead atoms. The maximum atomic E-state index is 12.8. The number of ketones is 1. The first-order valence-electron chi connectivity index (χ1n) is 9.09. The summed E-state index contributed by atoms with van der Waals surface area (Å²) in [7, 11) is 3.90. The van der Waals surface area contributed by atoms with Gasteiger partial charge in [-0.3, -0.25) is 9.59 Å². The molecule has 3 rings (SSSR count). The molecule has 3 heterocycles. The highest BCUT2D eigenvalue weighted by molar-refractivity contribution is 6.14. The van der Waals surface area contributed by atoms with Gasteiger partial charge in [0, 0.05) is 6.54 Å². The number of rotatable bonds is 8. The van der Waals surface area contributed by atoms with Gasteiger partial charge in [-0.25, -0.2) is 0 Å². The van der Waals surface area contributed by atoms with E-state index in [1.54, 1.807) is 31.2 Å². The third-order valence-electron chi connectivity index (χ3n) is 4.55. The van der Waals surface area contributed by atoms with Crippen LogP contribution in [0.25, 0.3) is 6.08 Å². The van der Waals surface area contributed by atoms with Crippen molar-refractivity contribution < 1.29 is 23.5 Å². The van der Waals surface area contributed by atoms with Crippen LogP contribution in [-0.2, 0) is 9.59 Å². The number of nitrogens with zero attached hydrogens (tertiary/aromatic N) is 2. The number of carbonyl (C=O) groups excluding carboxylic acids is 2. The van der Waals surface area contributed by atoms with Gasteiger partial charge >= 0.3 is 0 Å². The molecule has 7 nitrogen and oxygen atoms in total. The van der Waals surface area contributed by atoms with Gasteiger partial charge in [0.05, 0.1) is 11.8 Å². The first kappa shape index (κ1) is 19.7. The van der Waals surface area contributed by atoms with Crippen LogP contribution in [0.2, 0.25) is 0 Å². The van der Waals surface area contributed by atoms with Crippen molar-refractivity contribution in [2.24, 2.45) is 0 Å². The fraction of sp³-hybridized carbons (Fsp3) is 0.333. The van der Waals surface area contributed by atoms with Gasteiger partial charge in [0.25, 0.3) is 5.91 Å². The molecule has 1 atom stereocenters. The largest absolute Gasteiger partial charge is 0.503 e. The van der Waals surface area contributed by atoms with Gasteiger partial charge in [0.1, 0.15) is 23.3 Å². The minimum Gasteiger partial charge on any atom is -0.503 e. The zero-order valence-corrected chi connectivity index (χ0v) is 16.2. The van der Waals surface area contributed by atoms with Crippen LogP contribution >= 0.6 is 0 Å². The number of aryl methyl sites for hydroxylation is 1. The summed E-state index contributed by atoms with van der Waals surface area (Å²) in [5, 5.41) is 10.5. The number of hydrogen-bond donors (Lipinski definition) is 1. The number of amides is 1. The molecule has 28 heavy (non-hydrogen) atoms. The van der Waals surface area contributed by atoms with Crippen molar-refractivity contribution >= 4 is 17.8 Å². The Labute approximate surface area is 163 Å². The molecule has 1 aliphatic heterocycles. The highest BCUT2D eigenvalue weighted by Gasteiger charge is 2.44. The lowest BCUT2D eigenvalue weighted by molar-refractivity contribution is -0.129. The lowest BCUT2D eigenvalue weighted by Gasteiger charge is -2.25. The van der Waals surface area contributed by atoms with Crippen LogP contribution in [0.4, 0.5) is 0 Å². The summed E-state index contributed by atoms with van der Waals surface area (Å²) in [5.74, 6) is 0.0717. The fourth-order valence-electron chi connectivity index (χ4n) is 3.22. The lowest BCUT2D eigenvalue weighted by Crippen LogP contribution is -2.33. The molecule has 1 amide bonds. The van der Waals surface area contributed by atoms with Crippen LogP contribution < -0.4 is 0 Å². The molecule has 7 heteroatoms. The lowest BCUT2D eigenvalue weighted by atomic mass is 10.0. The number of carbonyl (C=O) groups is 2. The quantitative estimate of drug-likeness (QED) is 0.704. The number of furan rings is 2. The molecule has 0 saturated carbocycles. The van der Waals surface area contributed by atoms with Crippen molar-refractivity contribution in [1.82, 2.24) is 9.80 Å². The Bertz CT molecular complexity index is 905. The minimum atomic E-state index is -0.753. The van der Waals surface area contributed by atoms with Crippen molar-refractivity contribution in [2.75, 3.05) is 27.2 Å². The Morgan fingerprint density at radius 1 is 1.32 bits per heavy atom. The van der Waals surface area contributed by atoms with Crippen molar-refractivity contribution in [2.45, 2.75) is 19.4 Å². The summed E-state index contributed by atoms with van der Waals surface area (Å²) >= 11 is 0. The van der Waals surface area contributed by atoms with Crippen LogP contribution in [-0.4, -0.2) is 53.8 Å². The molecule has 2 aromatic rings. The van der Waals surface area contributed by atoms with Crippen molar-refractivity contribution in [3.05, 3.63) is 65.2 Å². The fourth-order valence-corrected chi connectivity index (χ4v) is 3.22. The highest BCUT2D eigenvalue weighted by atomic mass is 16.3. The van der Waals surface area contributed by atoms with E-state index < -0.39 is 23.5 Å². The second kappa shape index (κ2) is 8.31. The van der Waals surface area contributed by atoms with Crippen LogP contribution in [0.5, 0.6) is 0 Å².